The Morgan fingerprint density at radius 2 is 1.34 bits per heavy atom. The van der Waals surface area contributed by atoms with Gasteiger partial charge in [0.2, 0.25) is 0 Å². The first-order chi connectivity index (χ1) is 13.8. The van der Waals surface area contributed by atoms with E-state index in [9.17, 15) is 18.6 Å². The molecule has 0 aliphatic heterocycles. The third-order valence-electron chi connectivity index (χ3n) is 4.70. The van der Waals surface area contributed by atoms with E-state index in [1.54, 1.807) is 18.2 Å². The summed E-state index contributed by atoms with van der Waals surface area (Å²) >= 11 is 0. The summed E-state index contributed by atoms with van der Waals surface area (Å²) in [5.74, 6) is -1.44. The third-order valence-corrected chi connectivity index (χ3v) is 5.63. The maximum atomic E-state index is 11.1. The van der Waals surface area contributed by atoms with Crippen LogP contribution in [0.4, 0.5) is 0 Å². The van der Waals surface area contributed by atoms with Crippen LogP contribution < -0.4 is 0 Å². The molecule has 0 saturated carbocycles. The lowest BCUT2D eigenvalue weighted by Crippen LogP contribution is -2.27. The lowest BCUT2D eigenvalue weighted by atomic mass is 10.1. The Morgan fingerprint density at radius 3 is 1.79 bits per heavy atom. The lowest BCUT2D eigenvalue weighted by Gasteiger charge is -2.21. The fourth-order valence-electron chi connectivity index (χ4n) is 3.03. The number of unbranched alkanes of at least 4 members (excludes halogenated alkanes) is 3. The molecule has 0 unspecified atom stereocenters. The van der Waals surface area contributed by atoms with Crippen LogP contribution in [0.3, 0.4) is 0 Å². The Morgan fingerprint density at radius 1 is 0.862 bits per heavy atom. The van der Waals surface area contributed by atoms with Crippen LogP contribution in [0.15, 0.2) is 35.2 Å². The zero-order valence-corrected chi connectivity index (χ0v) is 18.6. The molecule has 7 heteroatoms. The predicted octanol–water partition coefficient (Wildman–Crippen LogP) is 5.19. The number of aromatic hydroxyl groups is 2. The van der Waals surface area contributed by atoms with Crippen molar-refractivity contribution in [1.29, 1.82) is 0 Å². The van der Waals surface area contributed by atoms with Crippen molar-refractivity contribution in [2.24, 2.45) is 0 Å². The van der Waals surface area contributed by atoms with Gasteiger partial charge in [0.25, 0.3) is 10.1 Å². The first-order valence-corrected chi connectivity index (χ1v) is 11.8. The minimum atomic E-state index is -4.59. The van der Waals surface area contributed by atoms with Gasteiger partial charge in [0.05, 0.1) is 0 Å². The normalized spacial score (nSPS) is 11.5. The Bertz CT molecular complexity index is 833. The second kappa shape index (κ2) is 12.7. The SMILES string of the molecule is CCCCN(CCCC)CCCC.O=S(=O)(O)c1c(O)c(O)cc2ccccc12. The Hall–Kier alpha value is -1.83. The van der Waals surface area contributed by atoms with Gasteiger partial charge < -0.3 is 15.1 Å². The van der Waals surface area contributed by atoms with Gasteiger partial charge in [-0.25, -0.2) is 0 Å². The van der Waals surface area contributed by atoms with Crippen LogP contribution in [0, 0.1) is 0 Å². The maximum absolute atomic E-state index is 11.1. The molecule has 0 heterocycles. The van der Waals surface area contributed by atoms with E-state index in [1.807, 2.05) is 0 Å². The van der Waals surface area contributed by atoms with Crippen molar-refractivity contribution in [1.82, 2.24) is 4.90 Å². The molecule has 0 spiro atoms. The van der Waals surface area contributed by atoms with Crippen molar-refractivity contribution in [3.63, 3.8) is 0 Å². The first kappa shape index (κ1) is 25.2. The number of nitrogens with zero attached hydrogens (tertiary/aromatic N) is 1. The second-order valence-electron chi connectivity index (χ2n) is 7.17. The Labute approximate surface area is 174 Å². The van der Waals surface area contributed by atoms with E-state index in [0.717, 1.165) is 0 Å². The molecule has 2 rings (SSSR count). The molecular formula is C22H35NO5S. The van der Waals surface area contributed by atoms with Gasteiger partial charge in [0.1, 0.15) is 4.90 Å². The van der Waals surface area contributed by atoms with Gasteiger partial charge in [0, 0.05) is 5.39 Å². The summed E-state index contributed by atoms with van der Waals surface area (Å²) in [5.41, 5.74) is 0. The highest BCUT2D eigenvalue weighted by Gasteiger charge is 2.22. The van der Waals surface area contributed by atoms with Crippen molar-refractivity contribution >= 4 is 20.9 Å². The standard InChI is InChI=1S/C12H27N.C10H8O5S/c1-4-7-10-13(11-8-5-2)12-9-6-3;11-8-5-6-3-1-2-4-7(6)10(9(8)12)16(13,14)15/h4-12H2,1-3H3;1-5,11-12H,(H,13,14,15). The monoisotopic (exact) mass is 425 g/mol. The molecule has 0 radical (unpaired) electrons. The van der Waals surface area contributed by atoms with Gasteiger partial charge in [-0.15, -0.1) is 0 Å². The molecule has 0 amide bonds. The molecule has 29 heavy (non-hydrogen) atoms. The molecular weight excluding hydrogens is 390 g/mol. The molecule has 3 N–H and O–H groups in total. The van der Waals surface area contributed by atoms with Gasteiger partial charge in [-0.05, 0) is 50.3 Å². The minimum absolute atomic E-state index is 0.153. The number of phenols is 2. The predicted molar refractivity (Wildman–Crippen MR) is 118 cm³/mol. The summed E-state index contributed by atoms with van der Waals surface area (Å²) in [5, 5.41) is 19.3. The summed E-state index contributed by atoms with van der Waals surface area (Å²) in [6.07, 6.45) is 8.09. The smallest absolute Gasteiger partial charge is 0.298 e. The van der Waals surface area contributed by atoms with Crippen LogP contribution in [0.5, 0.6) is 11.5 Å². The zero-order chi connectivity index (χ0) is 21.9. The van der Waals surface area contributed by atoms with Crippen molar-refractivity contribution in [3.05, 3.63) is 30.3 Å². The zero-order valence-electron chi connectivity index (χ0n) is 17.8. The Kier molecular flexibility index (Phi) is 11.0. The van der Waals surface area contributed by atoms with Crippen molar-refractivity contribution in [2.45, 2.75) is 64.2 Å². The van der Waals surface area contributed by atoms with E-state index in [1.165, 1.54) is 70.3 Å². The second-order valence-corrected chi connectivity index (χ2v) is 8.53. The van der Waals surface area contributed by atoms with E-state index in [2.05, 4.69) is 25.7 Å². The number of benzene rings is 2. The highest BCUT2D eigenvalue weighted by Crippen LogP contribution is 2.38. The summed E-state index contributed by atoms with van der Waals surface area (Å²) in [7, 11) is -4.59. The van der Waals surface area contributed by atoms with E-state index in [0.29, 0.717) is 5.39 Å². The average molecular weight is 426 g/mol. The molecule has 0 aliphatic carbocycles. The largest absolute Gasteiger partial charge is 0.504 e. The van der Waals surface area contributed by atoms with Crippen LogP contribution in [0.2, 0.25) is 0 Å². The quantitative estimate of drug-likeness (QED) is 0.358. The Balaban J connectivity index is 0.000000298. The van der Waals surface area contributed by atoms with Gasteiger partial charge in [-0.2, -0.15) is 8.42 Å². The van der Waals surface area contributed by atoms with Crippen LogP contribution in [0.25, 0.3) is 10.8 Å². The summed E-state index contributed by atoms with van der Waals surface area (Å²) in [4.78, 5) is 1.96. The molecule has 2 aromatic carbocycles. The number of hydrogen-bond acceptors (Lipinski definition) is 5. The fourth-order valence-corrected chi connectivity index (χ4v) is 3.84. The number of rotatable bonds is 10. The molecule has 0 bridgehead atoms. The van der Waals surface area contributed by atoms with Crippen LogP contribution in [-0.4, -0.2) is 47.7 Å². The number of hydrogen-bond donors (Lipinski definition) is 3. The van der Waals surface area contributed by atoms with Crippen molar-refractivity contribution < 1.29 is 23.2 Å². The average Bonchev–Trinajstić information content (AvgIpc) is 2.68. The highest BCUT2D eigenvalue weighted by atomic mass is 32.2. The molecule has 0 aromatic heterocycles. The molecule has 2 aromatic rings. The van der Waals surface area contributed by atoms with Gasteiger partial charge >= 0.3 is 0 Å². The topological polar surface area (TPSA) is 98.1 Å². The summed E-state index contributed by atoms with van der Waals surface area (Å²) in [6.45, 7) is 10.8. The molecule has 0 atom stereocenters. The number of phenolic OH excluding ortho intramolecular Hbond substituents is 2. The lowest BCUT2D eigenvalue weighted by molar-refractivity contribution is 0.261. The van der Waals surface area contributed by atoms with E-state index in [-0.39, 0.29) is 5.39 Å². The minimum Gasteiger partial charge on any atom is -0.504 e. The molecule has 0 aliphatic rings. The van der Waals surface area contributed by atoms with Crippen molar-refractivity contribution in [3.8, 4) is 11.5 Å². The van der Waals surface area contributed by atoms with Gasteiger partial charge in [0.15, 0.2) is 11.5 Å². The van der Waals surface area contributed by atoms with E-state index >= 15 is 0 Å². The van der Waals surface area contributed by atoms with E-state index < -0.39 is 26.5 Å². The first-order valence-electron chi connectivity index (χ1n) is 10.4. The van der Waals surface area contributed by atoms with Crippen LogP contribution in [0.1, 0.15) is 59.3 Å². The summed E-state index contributed by atoms with van der Waals surface area (Å²) < 4.78 is 31.2. The molecule has 164 valence electrons. The number of fused-ring (bicyclic) bond motifs is 1. The van der Waals surface area contributed by atoms with Crippen LogP contribution >= 0.6 is 0 Å². The maximum Gasteiger partial charge on any atom is 0.298 e. The van der Waals surface area contributed by atoms with Gasteiger partial charge in [-0.1, -0.05) is 64.3 Å². The highest BCUT2D eigenvalue weighted by molar-refractivity contribution is 7.86. The van der Waals surface area contributed by atoms with Crippen LogP contribution in [-0.2, 0) is 10.1 Å². The fraction of sp³-hybridized carbons (Fsp3) is 0.545. The summed E-state index contributed by atoms with van der Waals surface area (Å²) in [6, 6.07) is 7.42. The molecule has 0 saturated heterocycles. The van der Waals surface area contributed by atoms with Gasteiger partial charge in [-0.3, -0.25) is 4.55 Å². The third kappa shape index (κ3) is 8.20. The van der Waals surface area contributed by atoms with E-state index in [4.69, 9.17) is 4.55 Å². The molecule has 6 nitrogen and oxygen atoms in total. The van der Waals surface area contributed by atoms with Crippen molar-refractivity contribution in [2.75, 3.05) is 19.6 Å². The molecule has 0 fully saturated rings.